The fourth-order valence-electron chi connectivity index (χ4n) is 3.34. The largest absolute Gasteiger partial charge is 0.383 e. The molecule has 0 aliphatic heterocycles. The van der Waals surface area contributed by atoms with Crippen LogP contribution in [0.1, 0.15) is 16.7 Å². The number of methoxy groups -OCH3 is 1. The fourth-order valence-corrected chi connectivity index (χ4v) is 3.34. The number of ether oxygens (including phenoxy) is 1. The number of aryl methyl sites for hydroxylation is 2. The third kappa shape index (κ3) is 4.44. The molecule has 27 heavy (non-hydrogen) atoms. The van der Waals surface area contributed by atoms with E-state index in [0.29, 0.717) is 30.6 Å². The first kappa shape index (κ1) is 18.9. The standard InChI is InChI=1S/C22H24N2O3/c1-15-11-16(2)13-17(12-15)14-21(25)23-20-6-4-5-19-18(20)7-8-24(22(19)26)9-10-27-3/h4-8,11-13H,9-10,14H2,1-3H3,(H,23,25). The number of carbonyl (C=O) groups excluding carboxylic acids is 1. The number of nitrogens with zero attached hydrogens (tertiary/aromatic N) is 1. The van der Waals surface area contributed by atoms with Gasteiger partial charge in [-0.25, -0.2) is 0 Å². The highest BCUT2D eigenvalue weighted by molar-refractivity contribution is 6.02. The number of rotatable bonds is 6. The molecule has 0 aliphatic carbocycles. The van der Waals surface area contributed by atoms with Gasteiger partial charge < -0.3 is 14.6 Å². The van der Waals surface area contributed by atoms with Crippen LogP contribution in [0.4, 0.5) is 5.69 Å². The highest BCUT2D eigenvalue weighted by Gasteiger charge is 2.10. The Bertz CT molecular complexity index is 1020. The number of carbonyl (C=O) groups is 1. The van der Waals surface area contributed by atoms with Crippen molar-refractivity contribution in [2.75, 3.05) is 19.0 Å². The maximum atomic E-state index is 12.6. The first-order chi connectivity index (χ1) is 13.0. The van der Waals surface area contributed by atoms with Crippen molar-refractivity contribution in [2.45, 2.75) is 26.8 Å². The average molecular weight is 364 g/mol. The molecule has 0 spiro atoms. The van der Waals surface area contributed by atoms with E-state index in [1.54, 1.807) is 30.0 Å². The molecule has 0 saturated carbocycles. The second-order valence-corrected chi connectivity index (χ2v) is 6.79. The molecule has 0 aliphatic rings. The van der Waals surface area contributed by atoms with Crippen molar-refractivity contribution in [3.63, 3.8) is 0 Å². The van der Waals surface area contributed by atoms with E-state index in [1.165, 1.54) is 0 Å². The first-order valence-electron chi connectivity index (χ1n) is 8.96. The van der Waals surface area contributed by atoms with Gasteiger partial charge in [0.2, 0.25) is 5.91 Å². The van der Waals surface area contributed by atoms with Crippen molar-refractivity contribution in [3.8, 4) is 0 Å². The number of aromatic nitrogens is 1. The molecule has 0 bridgehead atoms. The van der Waals surface area contributed by atoms with Gasteiger partial charge >= 0.3 is 0 Å². The summed E-state index contributed by atoms with van der Waals surface area (Å²) in [5, 5.41) is 4.27. The maximum absolute atomic E-state index is 12.6. The van der Waals surface area contributed by atoms with E-state index in [-0.39, 0.29) is 11.5 Å². The summed E-state index contributed by atoms with van der Waals surface area (Å²) in [5.74, 6) is -0.101. The number of nitrogens with one attached hydrogen (secondary N) is 1. The van der Waals surface area contributed by atoms with E-state index in [0.717, 1.165) is 22.1 Å². The van der Waals surface area contributed by atoms with E-state index in [9.17, 15) is 9.59 Å². The van der Waals surface area contributed by atoms with Crippen LogP contribution in [0.25, 0.3) is 10.8 Å². The lowest BCUT2D eigenvalue weighted by Gasteiger charge is -2.11. The van der Waals surface area contributed by atoms with Gasteiger partial charge in [-0.15, -0.1) is 0 Å². The summed E-state index contributed by atoms with van der Waals surface area (Å²) in [6, 6.07) is 13.4. The van der Waals surface area contributed by atoms with Gasteiger partial charge in [-0.2, -0.15) is 0 Å². The topological polar surface area (TPSA) is 60.3 Å². The van der Waals surface area contributed by atoms with Crippen LogP contribution in [-0.4, -0.2) is 24.2 Å². The van der Waals surface area contributed by atoms with Crippen molar-refractivity contribution in [1.82, 2.24) is 4.57 Å². The third-order valence-electron chi connectivity index (χ3n) is 4.48. The van der Waals surface area contributed by atoms with Crippen LogP contribution in [-0.2, 0) is 22.5 Å². The smallest absolute Gasteiger partial charge is 0.258 e. The Morgan fingerprint density at radius 2 is 1.81 bits per heavy atom. The summed E-state index contributed by atoms with van der Waals surface area (Å²) < 4.78 is 6.66. The molecule has 0 unspecified atom stereocenters. The zero-order valence-electron chi connectivity index (χ0n) is 15.9. The zero-order chi connectivity index (χ0) is 19.4. The lowest BCUT2D eigenvalue weighted by molar-refractivity contribution is -0.115. The molecule has 3 aromatic rings. The molecule has 0 atom stereocenters. The highest BCUT2D eigenvalue weighted by Crippen LogP contribution is 2.21. The molecule has 5 heteroatoms. The van der Waals surface area contributed by atoms with Crippen molar-refractivity contribution >= 4 is 22.4 Å². The van der Waals surface area contributed by atoms with Crippen LogP contribution in [0, 0.1) is 13.8 Å². The molecule has 1 aromatic heterocycles. The predicted molar refractivity (Wildman–Crippen MR) is 108 cm³/mol. The van der Waals surface area contributed by atoms with Crippen LogP contribution in [0.5, 0.6) is 0 Å². The minimum Gasteiger partial charge on any atom is -0.383 e. The Kier molecular flexibility index (Phi) is 5.72. The molecule has 1 heterocycles. The second-order valence-electron chi connectivity index (χ2n) is 6.79. The van der Waals surface area contributed by atoms with E-state index < -0.39 is 0 Å². The number of hydrogen-bond acceptors (Lipinski definition) is 3. The van der Waals surface area contributed by atoms with Gasteiger partial charge in [-0.3, -0.25) is 9.59 Å². The number of fused-ring (bicyclic) bond motifs is 1. The molecular formula is C22H24N2O3. The maximum Gasteiger partial charge on any atom is 0.258 e. The summed E-state index contributed by atoms with van der Waals surface area (Å²) in [7, 11) is 1.61. The number of pyridine rings is 1. The van der Waals surface area contributed by atoms with Gasteiger partial charge in [0.05, 0.1) is 13.0 Å². The number of amides is 1. The number of benzene rings is 2. The normalized spacial score (nSPS) is 10.9. The van der Waals surface area contributed by atoms with Gasteiger partial charge in [0, 0.05) is 36.3 Å². The lowest BCUT2D eigenvalue weighted by Crippen LogP contribution is -2.22. The average Bonchev–Trinajstić information content (AvgIpc) is 2.60. The van der Waals surface area contributed by atoms with Crippen molar-refractivity contribution in [2.24, 2.45) is 0 Å². The van der Waals surface area contributed by atoms with Gasteiger partial charge in [0.1, 0.15) is 0 Å². The minimum absolute atomic E-state index is 0.0880. The summed E-state index contributed by atoms with van der Waals surface area (Å²) in [5.41, 5.74) is 3.82. The first-order valence-corrected chi connectivity index (χ1v) is 8.96. The van der Waals surface area contributed by atoms with E-state index in [2.05, 4.69) is 11.4 Å². The summed E-state index contributed by atoms with van der Waals surface area (Å²) in [6.45, 7) is 5.01. The van der Waals surface area contributed by atoms with Gasteiger partial charge in [0.25, 0.3) is 5.56 Å². The van der Waals surface area contributed by atoms with E-state index in [4.69, 9.17) is 4.74 Å². The van der Waals surface area contributed by atoms with Crippen LogP contribution >= 0.6 is 0 Å². The van der Waals surface area contributed by atoms with E-state index in [1.807, 2.05) is 38.1 Å². The second kappa shape index (κ2) is 8.18. The molecular weight excluding hydrogens is 340 g/mol. The Balaban J connectivity index is 1.85. The third-order valence-corrected chi connectivity index (χ3v) is 4.48. The van der Waals surface area contributed by atoms with E-state index >= 15 is 0 Å². The predicted octanol–water partition coefficient (Wildman–Crippen LogP) is 3.45. The van der Waals surface area contributed by atoms with Crippen LogP contribution in [0.3, 0.4) is 0 Å². The molecule has 0 fully saturated rings. The fraction of sp³-hybridized carbons (Fsp3) is 0.273. The summed E-state index contributed by atoms with van der Waals surface area (Å²) in [6.07, 6.45) is 2.03. The van der Waals surface area contributed by atoms with Crippen molar-refractivity contribution in [1.29, 1.82) is 0 Å². The highest BCUT2D eigenvalue weighted by atomic mass is 16.5. The molecule has 1 amide bonds. The summed E-state index contributed by atoms with van der Waals surface area (Å²) in [4.78, 5) is 25.2. The quantitative estimate of drug-likeness (QED) is 0.729. The molecule has 5 nitrogen and oxygen atoms in total. The Morgan fingerprint density at radius 3 is 2.52 bits per heavy atom. The molecule has 0 radical (unpaired) electrons. The molecule has 0 saturated heterocycles. The molecule has 1 N–H and O–H groups in total. The minimum atomic E-state index is -0.101. The Hall–Kier alpha value is -2.92. The number of hydrogen-bond donors (Lipinski definition) is 1. The molecule has 2 aromatic carbocycles. The molecule has 3 rings (SSSR count). The van der Waals surface area contributed by atoms with Gasteiger partial charge in [-0.05, 0) is 37.6 Å². The van der Waals surface area contributed by atoms with Gasteiger partial charge in [-0.1, -0.05) is 35.4 Å². The SMILES string of the molecule is COCCn1ccc2c(NC(=O)Cc3cc(C)cc(C)c3)cccc2c1=O. The summed E-state index contributed by atoms with van der Waals surface area (Å²) >= 11 is 0. The Morgan fingerprint density at radius 1 is 1.07 bits per heavy atom. The van der Waals surface area contributed by atoms with Crippen LogP contribution in [0.2, 0.25) is 0 Å². The lowest BCUT2D eigenvalue weighted by atomic mass is 10.0. The van der Waals surface area contributed by atoms with Crippen LogP contribution in [0.15, 0.2) is 53.5 Å². The van der Waals surface area contributed by atoms with Crippen LogP contribution < -0.4 is 10.9 Å². The molecule has 140 valence electrons. The van der Waals surface area contributed by atoms with Crippen molar-refractivity contribution < 1.29 is 9.53 Å². The van der Waals surface area contributed by atoms with Crippen molar-refractivity contribution in [3.05, 3.63) is 75.7 Å². The van der Waals surface area contributed by atoms with Gasteiger partial charge in [0.15, 0.2) is 0 Å². The number of anilines is 1. The Labute approximate surface area is 158 Å². The zero-order valence-corrected chi connectivity index (χ0v) is 15.9. The monoisotopic (exact) mass is 364 g/mol.